The van der Waals surface area contributed by atoms with Crippen LogP contribution in [0.25, 0.3) is 11.1 Å². The van der Waals surface area contributed by atoms with Crippen molar-refractivity contribution in [1.29, 1.82) is 0 Å². The van der Waals surface area contributed by atoms with Crippen LogP contribution in [0.1, 0.15) is 66.9 Å². The highest BCUT2D eigenvalue weighted by atomic mass is 32.2. The second kappa shape index (κ2) is 14.0. The van der Waals surface area contributed by atoms with Crippen LogP contribution in [-0.2, 0) is 23.0 Å². The van der Waals surface area contributed by atoms with E-state index >= 15 is 0 Å². The van der Waals surface area contributed by atoms with E-state index in [4.69, 9.17) is 0 Å². The number of benzene rings is 3. The lowest BCUT2D eigenvalue weighted by atomic mass is 9.99. The third kappa shape index (κ3) is 8.32. The molecule has 0 heterocycles. The van der Waals surface area contributed by atoms with Gasteiger partial charge in [-0.1, -0.05) is 112 Å². The van der Waals surface area contributed by atoms with Gasteiger partial charge in [-0.3, -0.25) is 0 Å². The summed E-state index contributed by atoms with van der Waals surface area (Å²) in [5.74, 6) is -0.805. The molecule has 192 valence electrons. The maximum Gasteiger partial charge on any atom is 0.336 e. The molecule has 0 spiro atoms. The second-order valence-electron chi connectivity index (χ2n) is 9.20. The summed E-state index contributed by atoms with van der Waals surface area (Å²) in [5, 5.41) is 9.50. The normalized spacial score (nSPS) is 11.6. The van der Waals surface area contributed by atoms with Gasteiger partial charge in [-0.05, 0) is 41.2 Å². The van der Waals surface area contributed by atoms with E-state index in [1.807, 2.05) is 60.7 Å². The summed E-state index contributed by atoms with van der Waals surface area (Å²) >= 11 is 0. The molecule has 0 radical (unpaired) electrons. The Morgan fingerprint density at radius 3 is 2.11 bits per heavy atom. The number of nitrogens with zero attached hydrogens (tertiary/aromatic N) is 1. The highest BCUT2D eigenvalue weighted by molar-refractivity contribution is 7.89. The minimum absolute atomic E-state index is 0.165. The summed E-state index contributed by atoms with van der Waals surface area (Å²) in [6.45, 7) is 2.89. The van der Waals surface area contributed by atoms with E-state index in [2.05, 4.69) is 6.92 Å². The summed E-state index contributed by atoms with van der Waals surface area (Å²) < 4.78 is 28.2. The average molecular weight is 508 g/mol. The van der Waals surface area contributed by atoms with Gasteiger partial charge in [0, 0.05) is 13.1 Å². The fourth-order valence-electron chi connectivity index (χ4n) is 4.32. The SMILES string of the molecule is CCCCCCCCS(=O)(=O)N(CCc1ccccc1)Cc1ccc(-c2ccccc2C(=O)O)cc1. The molecule has 0 aliphatic carbocycles. The number of hydrogen-bond acceptors (Lipinski definition) is 3. The van der Waals surface area contributed by atoms with Crippen LogP contribution >= 0.6 is 0 Å². The molecule has 0 aliphatic heterocycles. The smallest absolute Gasteiger partial charge is 0.336 e. The van der Waals surface area contributed by atoms with Crippen LogP contribution in [0.15, 0.2) is 78.9 Å². The van der Waals surface area contributed by atoms with Crippen LogP contribution in [0.5, 0.6) is 0 Å². The molecule has 3 aromatic rings. The van der Waals surface area contributed by atoms with Crippen LogP contribution in [0.4, 0.5) is 0 Å². The topological polar surface area (TPSA) is 74.7 Å². The van der Waals surface area contributed by atoms with Crippen molar-refractivity contribution in [2.75, 3.05) is 12.3 Å². The maximum absolute atomic E-state index is 13.3. The first-order valence-electron chi connectivity index (χ1n) is 12.8. The van der Waals surface area contributed by atoms with E-state index in [1.54, 1.807) is 22.5 Å². The summed E-state index contributed by atoms with van der Waals surface area (Å²) in [6.07, 6.45) is 6.87. The Kier molecular flexibility index (Phi) is 10.7. The summed E-state index contributed by atoms with van der Waals surface area (Å²) in [7, 11) is -3.41. The highest BCUT2D eigenvalue weighted by Gasteiger charge is 2.22. The Morgan fingerprint density at radius 2 is 1.42 bits per heavy atom. The zero-order valence-corrected chi connectivity index (χ0v) is 21.9. The molecule has 1 N–H and O–H groups in total. The summed E-state index contributed by atoms with van der Waals surface area (Å²) in [4.78, 5) is 11.6. The third-order valence-electron chi connectivity index (χ3n) is 6.42. The molecule has 0 amide bonds. The molecular formula is C30H37NO4S. The number of sulfonamides is 1. The minimum Gasteiger partial charge on any atom is -0.478 e. The van der Waals surface area contributed by atoms with Gasteiger partial charge in [-0.25, -0.2) is 13.2 Å². The Labute approximate surface area is 215 Å². The number of carboxylic acids is 1. The molecule has 0 unspecified atom stereocenters. The molecule has 0 saturated carbocycles. The maximum atomic E-state index is 13.3. The number of rotatable bonds is 15. The standard InChI is InChI=1S/C30H37NO4S/c1-2-3-4-5-6-12-23-36(34,35)31(22-21-25-13-8-7-9-14-25)24-26-17-19-27(20-18-26)28-15-10-11-16-29(28)30(32)33/h7-11,13-20H,2-6,12,21-24H2,1H3,(H,32,33). The van der Waals surface area contributed by atoms with Gasteiger partial charge in [0.15, 0.2) is 0 Å². The molecule has 0 aromatic heterocycles. The predicted molar refractivity (Wildman–Crippen MR) is 147 cm³/mol. The molecular weight excluding hydrogens is 470 g/mol. The van der Waals surface area contributed by atoms with Crippen molar-refractivity contribution in [1.82, 2.24) is 4.31 Å². The molecule has 0 bridgehead atoms. The average Bonchev–Trinajstić information content (AvgIpc) is 2.89. The number of carboxylic acid groups (broad SMARTS) is 1. The zero-order chi connectivity index (χ0) is 25.8. The van der Waals surface area contributed by atoms with Gasteiger partial charge in [0.1, 0.15) is 0 Å². The Morgan fingerprint density at radius 1 is 0.778 bits per heavy atom. The van der Waals surface area contributed by atoms with E-state index in [0.717, 1.165) is 36.0 Å². The molecule has 36 heavy (non-hydrogen) atoms. The molecule has 6 heteroatoms. The molecule has 0 aliphatic rings. The summed E-state index contributed by atoms with van der Waals surface area (Å²) in [5.41, 5.74) is 3.68. The first-order valence-corrected chi connectivity index (χ1v) is 14.4. The largest absolute Gasteiger partial charge is 0.478 e. The lowest BCUT2D eigenvalue weighted by Crippen LogP contribution is -2.34. The lowest BCUT2D eigenvalue weighted by Gasteiger charge is -2.23. The van der Waals surface area contributed by atoms with E-state index in [0.29, 0.717) is 31.5 Å². The molecule has 0 fully saturated rings. The van der Waals surface area contributed by atoms with Gasteiger partial charge in [-0.2, -0.15) is 4.31 Å². The van der Waals surface area contributed by atoms with Gasteiger partial charge < -0.3 is 5.11 Å². The quantitative estimate of drug-likeness (QED) is 0.230. The Hall–Kier alpha value is -2.96. The highest BCUT2D eigenvalue weighted by Crippen LogP contribution is 2.25. The molecule has 3 aromatic carbocycles. The monoisotopic (exact) mass is 507 g/mol. The van der Waals surface area contributed by atoms with Crippen LogP contribution in [0, 0.1) is 0 Å². The minimum atomic E-state index is -3.41. The van der Waals surface area contributed by atoms with Crippen LogP contribution < -0.4 is 0 Å². The van der Waals surface area contributed by atoms with Crippen molar-refractivity contribution in [2.24, 2.45) is 0 Å². The molecule has 0 atom stereocenters. The van der Waals surface area contributed by atoms with E-state index in [9.17, 15) is 18.3 Å². The van der Waals surface area contributed by atoms with Gasteiger partial charge >= 0.3 is 5.97 Å². The van der Waals surface area contributed by atoms with Crippen molar-refractivity contribution in [3.63, 3.8) is 0 Å². The first-order chi connectivity index (χ1) is 17.4. The fourth-order valence-corrected chi connectivity index (χ4v) is 5.87. The van der Waals surface area contributed by atoms with Crippen LogP contribution in [-0.4, -0.2) is 36.1 Å². The lowest BCUT2D eigenvalue weighted by molar-refractivity contribution is 0.0697. The number of aromatic carboxylic acids is 1. The van der Waals surface area contributed by atoms with Crippen molar-refractivity contribution in [2.45, 2.75) is 58.4 Å². The van der Waals surface area contributed by atoms with E-state index in [-0.39, 0.29) is 11.3 Å². The third-order valence-corrected chi connectivity index (χ3v) is 8.33. The summed E-state index contributed by atoms with van der Waals surface area (Å²) in [6, 6.07) is 24.4. The van der Waals surface area contributed by atoms with Crippen LogP contribution in [0.2, 0.25) is 0 Å². The van der Waals surface area contributed by atoms with Crippen molar-refractivity contribution >= 4 is 16.0 Å². The van der Waals surface area contributed by atoms with Gasteiger partial charge in [0.25, 0.3) is 0 Å². The Balaban J connectivity index is 1.73. The number of hydrogen-bond donors (Lipinski definition) is 1. The molecule has 5 nitrogen and oxygen atoms in total. The predicted octanol–water partition coefficient (Wildman–Crippen LogP) is 6.79. The van der Waals surface area contributed by atoms with Crippen molar-refractivity contribution < 1.29 is 18.3 Å². The fraction of sp³-hybridized carbons (Fsp3) is 0.367. The van der Waals surface area contributed by atoms with Gasteiger partial charge in [0.2, 0.25) is 10.0 Å². The van der Waals surface area contributed by atoms with E-state index < -0.39 is 16.0 Å². The second-order valence-corrected chi connectivity index (χ2v) is 11.3. The molecule has 3 rings (SSSR count). The van der Waals surface area contributed by atoms with Crippen molar-refractivity contribution in [3.05, 3.63) is 95.6 Å². The first kappa shape index (κ1) is 27.6. The zero-order valence-electron chi connectivity index (χ0n) is 21.1. The van der Waals surface area contributed by atoms with Crippen molar-refractivity contribution in [3.8, 4) is 11.1 Å². The van der Waals surface area contributed by atoms with E-state index in [1.165, 1.54) is 12.8 Å². The van der Waals surface area contributed by atoms with Gasteiger partial charge in [-0.15, -0.1) is 0 Å². The number of carbonyl (C=O) groups is 1. The molecule has 0 saturated heterocycles. The van der Waals surface area contributed by atoms with Crippen LogP contribution in [0.3, 0.4) is 0 Å². The number of unbranched alkanes of at least 4 members (excludes halogenated alkanes) is 5. The Bertz CT molecular complexity index is 1190. The van der Waals surface area contributed by atoms with Gasteiger partial charge in [0.05, 0.1) is 11.3 Å².